The van der Waals surface area contributed by atoms with Crippen LogP contribution in [0.4, 0.5) is 14.9 Å². The third-order valence-corrected chi connectivity index (χ3v) is 1.86. The van der Waals surface area contributed by atoms with E-state index in [0.717, 1.165) is 12.1 Å². The van der Waals surface area contributed by atoms with Crippen molar-refractivity contribution < 1.29 is 28.9 Å². The van der Waals surface area contributed by atoms with Gasteiger partial charge in [0.1, 0.15) is 17.9 Å². The first kappa shape index (κ1) is 13.5. The van der Waals surface area contributed by atoms with Crippen LogP contribution in [0, 0.1) is 5.82 Å². The molecule has 0 aromatic heterocycles. The Hall–Kier alpha value is -2.57. The fraction of sp³-hybridized carbons (Fsp3) is 0.0909. The summed E-state index contributed by atoms with van der Waals surface area (Å²) in [6, 6.07) is 1.61. The molecule has 1 rings (SSSR count). The van der Waals surface area contributed by atoms with Gasteiger partial charge in [-0.1, -0.05) is 12.7 Å². The number of nitrogens with one attached hydrogen (secondary N) is 1. The Balaban J connectivity index is 2.98. The fourth-order valence-corrected chi connectivity index (χ4v) is 1.14. The molecule has 0 radical (unpaired) electrons. The number of aromatic carboxylic acids is 1. The van der Waals surface area contributed by atoms with Crippen LogP contribution in [0.25, 0.3) is 0 Å². The summed E-state index contributed by atoms with van der Waals surface area (Å²) >= 11 is 0. The second-order valence-corrected chi connectivity index (χ2v) is 3.17. The highest BCUT2D eigenvalue weighted by atomic mass is 19.1. The predicted octanol–water partition coefficient (Wildman–Crippen LogP) is 1.96. The van der Waals surface area contributed by atoms with Crippen LogP contribution in [0.2, 0.25) is 0 Å². The van der Waals surface area contributed by atoms with Crippen LogP contribution < -0.4 is 5.32 Å². The molecule has 0 fully saturated rings. The molecule has 0 heterocycles. The number of hydrogen-bond acceptors (Lipinski definition) is 4. The minimum Gasteiger partial charge on any atom is -0.508 e. The van der Waals surface area contributed by atoms with Crippen LogP contribution in [-0.2, 0) is 4.74 Å². The van der Waals surface area contributed by atoms with E-state index in [4.69, 9.17) is 5.11 Å². The molecule has 96 valence electrons. The van der Waals surface area contributed by atoms with Crippen molar-refractivity contribution in [1.29, 1.82) is 0 Å². The molecule has 1 aromatic rings. The lowest BCUT2D eigenvalue weighted by Gasteiger charge is -2.08. The standard InChI is InChI=1S/C11H10FNO5/c1-2-3-18-11(17)13-8-5-6(14)4-7(9(8)12)10(15)16/h2,4-5,14H,1,3H2,(H,13,17)(H,15,16). The minimum absolute atomic E-state index is 0.0853. The average Bonchev–Trinajstić information content (AvgIpc) is 2.30. The quantitative estimate of drug-likeness (QED) is 0.715. The fourth-order valence-electron chi connectivity index (χ4n) is 1.14. The second kappa shape index (κ2) is 5.67. The number of carbonyl (C=O) groups is 2. The molecule has 0 aliphatic rings. The molecule has 0 bridgehead atoms. The molecule has 0 spiro atoms. The number of anilines is 1. The van der Waals surface area contributed by atoms with Crippen molar-refractivity contribution in [2.24, 2.45) is 0 Å². The molecule has 0 saturated heterocycles. The number of hydrogen-bond donors (Lipinski definition) is 3. The summed E-state index contributed by atoms with van der Waals surface area (Å²) in [7, 11) is 0. The number of amides is 1. The normalized spacial score (nSPS) is 9.61. The largest absolute Gasteiger partial charge is 0.508 e. The Labute approximate surface area is 101 Å². The minimum atomic E-state index is -1.56. The van der Waals surface area contributed by atoms with E-state index in [1.54, 1.807) is 0 Å². The zero-order valence-corrected chi connectivity index (χ0v) is 9.14. The van der Waals surface area contributed by atoms with Gasteiger partial charge in [0, 0.05) is 6.07 Å². The molecule has 1 amide bonds. The predicted molar refractivity (Wildman–Crippen MR) is 60.2 cm³/mol. The van der Waals surface area contributed by atoms with Gasteiger partial charge in [-0.15, -0.1) is 0 Å². The highest BCUT2D eigenvalue weighted by molar-refractivity contribution is 5.92. The molecule has 7 heteroatoms. The number of carboxylic acid groups (broad SMARTS) is 1. The van der Waals surface area contributed by atoms with E-state index in [0.29, 0.717) is 0 Å². The van der Waals surface area contributed by atoms with E-state index in [9.17, 15) is 19.1 Å². The van der Waals surface area contributed by atoms with Crippen LogP contribution >= 0.6 is 0 Å². The first-order valence-corrected chi connectivity index (χ1v) is 4.76. The molecule has 0 aliphatic carbocycles. The van der Waals surface area contributed by atoms with Gasteiger partial charge in [-0.3, -0.25) is 5.32 Å². The zero-order chi connectivity index (χ0) is 13.7. The summed E-state index contributed by atoms with van der Waals surface area (Å²) in [6.45, 7) is 3.23. The number of carboxylic acids is 1. The van der Waals surface area contributed by atoms with E-state index in [-0.39, 0.29) is 6.61 Å². The van der Waals surface area contributed by atoms with Crippen molar-refractivity contribution in [3.8, 4) is 5.75 Å². The van der Waals surface area contributed by atoms with Gasteiger partial charge in [0.05, 0.1) is 5.69 Å². The number of benzene rings is 1. The number of ether oxygens (including phenoxy) is 1. The van der Waals surface area contributed by atoms with Crippen LogP contribution in [0.5, 0.6) is 5.75 Å². The molecular weight excluding hydrogens is 245 g/mol. The number of aromatic hydroxyl groups is 1. The Morgan fingerprint density at radius 1 is 1.50 bits per heavy atom. The van der Waals surface area contributed by atoms with Crippen molar-refractivity contribution in [2.75, 3.05) is 11.9 Å². The maximum atomic E-state index is 13.6. The first-order valence-electron chi connectivity index (χ1n) is 4.76. The van der Waals surface area contributed by atoms with E-state index in [1.165, 1.54) is 6.08 Å². The third-order valence-electron chi connectivity index (χ3n) is 1.86. The molecular formula is C11H10FNO5. The van der Waals surface area contributed by atoms with Gasteiger partial charge in [0.2, 0.25) is 0 Å². The van der Waals surface area contributed by atoms with Gasteiger partial charge in [-0.25, -0.2) is 14.0 Å². The lowest BCUT2D eigenvalue weighted by Crippen LogP contribution is -2.15. The number of rotatable bonds is 4. The third kappa shape index (κ3) is 3.21. The molecule has 0 aliphatic heterocycles. The Kier molecular flexibility index (Phi) is 4.25. The SMILES string of the molecule is C=CCOC(=O)Nc1cc(O)cc(C(=O)O)c1F. The van der Waals surface area contributed by atoms with E-state index < -0.39 is 34.9 Å². The van der Waals surface area contributed by atoms with Gasteiger partial charge in [-0.2, -0.15) is 0 Å². The topological polar surface area (TPSA) is 95.9 Å². The van der Waals surface area contributed by atoms with Gasteiger partial charge >= 0.3 is 12.1 Å². The van der Waals surface area contributed by atoms with Gasteiger partial charge in [0.15, 0.2) is 5.82 Å². The van der Waals surface area contributed by atoms with Crippen LogP contribution in [0.15, 0.2) is 24.8 Å². The Morgan fingerprint density at radius 3 is 2.72 bits per heavy atom. The smallest absolute Gasteiger partial charge is 0.412 e. The summed E-state index contributed by atoms with van der Waals surface area (Å²) in [5, 5.41) is 19.9. The summed E-state index contributed by atoms with van der Waals surface area (Å²) in [4.78, 5) is 21.8. The van der Waals surface area contributed by atoms with Crippen molar-refractivity contribution in [1.82, 2.24) is 0 Å². The van der Waals surface area contributed by atoms with E-state index >= 15 is 0 Å². The summed E-state index contributed by atoms with van der Waals surface area (Å²) in [5.41, 5.74) is -1.24. The summed E-state index contributed by atoms with van der Waals surface area (Å²) in [6.07, 6.45) is 0.317. The first-order chi connectivity index (χ1) is 8.45. The molecule has 0 unspecified atom stereocenters. The second-order valence-electron chi connectivity index (χ2n) is 3.17. The molecule has 0 saturated carbocycles. The monoisotopic (exact) mass is 255 g/mol. The average molecular weight is 255 g/mol. The van der Waals surface area contributed by atoms with Crippen LogP contribution in [0.3, 0.4) is 0 Å². The molecule has 0 atom stereocenters. The number of phenolic OH excluding ortho intramolecular Hbond substituents is 1. The number of carbonyl (C=O) groups excluding carboxylic acids is 1. The Morgan fingerprint density at radius 2 is 2.17 bits per heavy atom. The number of phenols is 1. The Bertz CT molecular complexity index is 500. The highest BCUT2D eigenvalue weighted by Crippen LogP contribution is 2.24. The molecule has 6 nitrogen and oxygen atoms in total. The van der Waals surface area contributed by atoms with Crippen molar-refractivity contribution >= 4 is 17.7 Å². The van der Waals surface area contributed by atoms with E-state index in [1.807, 2.05) is 5.32 Å². The van der Waals surface area contributed by atoms with E-state index in [2.05, 4.69) is 11.3 Å². The summed E-state index contributed by atoms with van der Waals surface area (Å²) < 4.78 is 18.1. The maximum Gasteiger partial charge on any atom is 0.412 e. The molecule has 1 aromatic carbocycles. The van der Waals surface area contributed by atoms with Gasteiger partial charge < -0.3 is 14.9 Å². The molecule has 18 heavy (non-hydrogen) atoms. The maximum absolute atomic E-state index is 13.6. The van der Waals surface area contributed by atoms with Crippen molar-refractivity contribution in [3.63, 3.8) is 0 Å². The lowest BCUT2D eigenvalue weighted by molar-refractivity contribution is 0.0691. The highest BCUT2D eigenvalue weighted by Gasteiger charge is 2.18. The zero-order valence-electron chi connectivity index (χ0n) is 9.14. The lowest BCUT2D eigenvalue weighted by atomic mass is 10.1. The number of halogens is 1. The van der Waals surface area contributed by atoms with Crippen LogP contribution in [0.1, 0.15) is 10.4 Å². The van der Waals surface area contributed by atoms with Gasteiger partial charge in [-0.05, 0) is 6.07 Å². The van der Waals surface area contributed by atoms with Crippen LogP contribution in [-0.4, -0.2) is 28.9 Å². The van der Waals surface area contributed by atoms with Gasteiger partial charge in [0.25, 0.3) is 0 Å². The van der Waals surface area contributed by atoms with Crippen molar-refractivity contribution in [3.05, 3.63) is 36.2 Å². The molecule has 3 N–H and O–H groups in total. The van der Waals surface area contributed by atoms with Crippen molar-refractivity contribution in [2.45, 2.75) is 0 Å². The summed E-state index contributed by atoms with van der Waals surface area (Å²) in [5.74, 6) is -3.23.